The number of nitrogens with two attached hydrogens (primary N) is 1. The molecule has 1 heterocycles. The molecule has 0 spiro atoms. The van der Waals surface area contributed by atoms with Gasteiger partial charge >= 0.3 is 0 Å². The fourth-order valence-corrected chi connectivity index (χ4v) is 2.71. The predicted molar refractivity (Wildman–Crippen MR) is 71.2 cm³/mol. The van der Waals surface area contributed by atoms with E-state index in [1.54, 1.807) is 11.7 Å². The second kappa shape index (κ2) is 5.00. The van der Waals surface area contributed by atoms with Crippen LogP contribution in [0.1, 0.15) is 48.8 Å². The van der Waals surface area contributed by atoms with Crippen LogP contribution in [0.2, 0.25) is 0 Å². The fraction of sp³-hybridized carbons (Fsp3) is 0.692. The van der Waals surface area contributed by atoms with Crippen LogP contribution in [0.4, 0.5) is 5.69 Å². The third-order valence-corrected chi connectivity index (χ3v) is 3.91. The van der Waals surface area contributed by atoms with Gasteiger partial charge in [-0.3, -0.25) is 9.48 Å². The van der Waals surface area contributed by atoms with Gasteiger partial charge in [0.1, 0.15) is 5.69 Å². The van der Waals surface area contributed by atoms with E-state index in [1.165, 1.54) is 19.3 Å². The minimum absolute atomic E-state index is 0.102. The molecule has 0 aliphatic heterocycles. The normalized spacial score (nSPS) is 23.9. The molecular formula is C13H22N4O. The molecule has 1 amide bonds. The first kappa shape index (κ1) is 12.9. The number of carbonyl (C=O) groups excluding carboxylic acids is 1. The van der Waals surface area contributed by atoms with Gasteiger partial charge in [0.15, 0.2) is 0 Å². The average Bonchev–Trinajstić information content (AvgIpc) is 2.56. The van der Waals surface area contributed by atoms with Crippen LogP contribution >= 0.6 is 0 Å². The molecule has 1 aliphatic rings. The number of hydrogen-bond acceptors (Lipinski definition) is 3. The number of aryl methyl sites for hydroxylation is 2. The van der Waals surface area contributed by atoms with Crippen LogP contribution < -0.4 is 11.1 Å². The van der Waals surface area contributed by atoms with Gasteiger partial charge in [0, 0.05) is 13.1 Å². The lowest BCUT2D eigenvalue weighted by Crippen LogP contribution is -2.41. The summed E-state index contributed by atoms with van der Waals surface area (Å²) in [5.74, 6) is 0.438. The Balaban J connectivity index is 2.12. The molecule has 1 saturated carbocycles. The first-order valence-electron chi connectivity index (χ1n) is 6.60. The SMILES string of the molecule is Cc1nn(C)c(C(=O)NC2CCCCC2C)c1N. The Morgan fingerprint density at radius 2 is 2.11 bits per heavy atom. The summed E-state index contributed by atoms with van der Waals surface area (Å²) in [7, 11) is 1.75. The zero-order valence-electron chi connectivity index (χ0n) is 11.4. The summed E-state index contributed by atoms with van der Waals surface area (Å²) in [6.07, 6.45) is 4.70. The molecule has 0 saturated heterocycles. The summed E-state index contributed by atoms with van der Waals surface area (Å²) in [6, 6.07) is 0.265. The molecule has 1 aromatic rings. The minimum atomic E-state index is -0.102. The maximum absolute atomic E-state index is 12.3. The molecule has 5 heteroatoms. The molecule has 1 aromatic heterocycles. The van der Waals surface area contributed by atoms with Crippen LogP contribution in [-0.4, -0.2) is 21.7 Å². The van der Waals surface area contributed by atoms with E-state index in [0.29, 0.717) is 23.0 Å². The molecule has 100 valence electrons. The molecule has 0 bridgehead atoms. The highest BCUT2D eigenvalue weighted by molar-refractivity contribution is 5.98. The van der Waals surface area contributed by atoms with Gasteiger partial charge in [-0.25, -0.2) is 0 Å². The van der Waals surface area contributed by atoms with E-state index in [2.05, 4.69) is 17.3 Å². The Hall–Kier alpha value is -1.52. The van der Waals surface area contributed by atoms with Crippen molar-refractivity contribution < 1.29 is 4.79 Å². The van der Waals surface area contributed by atoms with E-state index < -0.39 is 0 Å². The van der Waals surface area contributed by atoms with Crippen LogP contribution in [0.3, 0.4) is 0 Å². The Morgan fingerprint density at radius 3 is 2.67 bits per heavy atom. The predicted octanol–water partition coefficient (Wildman–Crippen LogP) is 1.62. The van der Waals surface area contributed by atoms with Gasteiger partial charge in [-0.2, -0.15) is 5.10 Å². The zero-order chi connectivity index (χ0) is 13.3. The molecule has 2 unspecified atom stereocenters. The maximum Gasteiger partial charge on any atom is 0.271 e. The minimum Gasteiger partial charge on any atom is -0.395 e. The number of hydrogen-bond donors (Lipinski definition) is 2. The lowest BCUT2D eigenvalue weighted by atomic mass is 9.86. The van der Waals surface area contributed by atoms with Gasteiger partial charge in [0.05, 0.1) is 11.4 Å². The maximum atomic E-state index is 12.3. The molecule has 2 atom stereocenters. The number of nitrogens with one attached hydrogen (secondary N) is 1. The molecule has 0 radical (unpaired) electrons. The Labute approximate surface area is 108 Å². The van der Waals surface area contributed by atoms with Crippen molar-refractivity contribution in [2.24, 2.45) is 13.0 Å². The molecule has 18 heavy (non-hydrogen) atoms. The fourth-order valence-electron chi connectivity index (χ4n) is 2.71. The van der Waals surface area contributed by atoms with Gasteiger partial charge in [0.2, 0.25) is 0 Å². The van der Waals surface area contributed by atoms with E-state index in [9.17, 15) is 4.79 Å². The highest BCUT2D eigenvalue weighted by Crippen LogP contribution is 2.24. The third-order valence-electron chi connectivity index (χ3n) is 3.91. The van der Waals surface area contributed by atoms with Gasteiger partial charge in [-0.15, -0.1) is 0 Å². The summed E-state index contributed by atoms with van der Waals surface area (Å²) in [6.45, 7) is 4.01. The summed E-state index contributed by atoms with van der Waals surface area (Å²) in [4.78, 5) is 12.3. The molecular weight excluding hydrogens is 228 g/mol. The highest BCUT2D eigenvalue weighted by Gasteiger charge is 2.25. The molecule has 1 fully saturated rings. The average molecular weight is 250 g/mol. The third kappa shape index (κ3) is 2.35. The van der Waals surface area contributed by atoms with E-state index in [1.807, 2.05) is 6.92 Å². The number of nitrogens with zero attached hydrogens (tertiary/aromatic N) is 2. The van der Waals surface area contributed by atoms with Crippen molar-refractivity contribution in [1.82, 2.24) is 15.1 Å². The Morgan fingerprint density at radius 1 is 1.44 bits per heavy atom. The van der Waals surface area contributed by atoms with Crippen LogP contribution in [0, 0.1) is 12.8 Å². The van der Waals surface area contributed by atoms with Crippen LogP contribution in [0.25, 0.3) is 0 Å². The molecule has 2 rings (SSSR count). The van der Waals surface area contributed by atoms with Crippen molar-refractivity contribution in [3.05, 3.63) is 11.4 Å². The number of rotatable bonds is 2. The quantitative estimate of drug-likeness (QED) is 0.837. The topological polar surface area (TPSA) is 72.9 Å². The number of nitrogen functional groups attached to an aromatic ring is 1. The van der Waals surface area contributed by atoms with Crippen molar-refractivity contribution in [2.45, 2.75) is 45.6 Å². The molecule has 3 N–H and O–H groups in total. The van der Waals surface area contributed by atoms with E-state index in [4.69, 9.17) is 5.73 Å². The van der Waals surface area contributed by atoms with Gasteiger partial charge in [0.25, 0.3) is 5.91 Å². The van der Waals surface area contributed by atoms with Gasteiger partial charge in [-0.05, 0) is 25.7 Å². The van der Waals surface area contributed by atoms with E-state index in [-0.39, 0.29) is 11.9 Å². The summed E-state index contributed by atoms with van der Waals surface area (Å²) in [5.41, 5.74) is 7.57. The van der Waals surface area contributed by atoms with Gasteiger partial charge < -0.3 is 11.1 Å². The van der Waals surface area contributed by atoms with Gasteiger partial charge in [-0.1, -0.05) is 19.8 Å². The number of amides is 1. The van der Waals surface area contributed by atoms with Crippen LogP contribution in [0.15, 0.2) is 0 Å². The Bertz CT molecular complexity index is 452. The second-order valence-electron chi connectivity index (χ2n) is 5.31. The number of carbonyl (C=O) groups is 1. The van der Waals surface area contributed by atoms with Crippen molar-refractivity contribution >= 4 is 11.6 Å². The van der Waals surface area contributed by atoms with Crippen molar-refractivity contribution in [2.75, 3.05) is 5.73 Å². The standard InChI is InChI=1S/C13H22N4O/c1-8-6-4-5-7-10(8)15-13(18)12-11(14)9(2)16-17(12)3/h8,10H,4-7,14H2,1-3H3,(H,15,18). The first-order chi connectivity index (χ1) is 8.50. The zero-order valence-corrected chi connectivity index (χ0v) is 11.4. The summed E-state index contributed by atoms with van der Waals surface area (Å²) in [5, 5.41) is 7.27. The lowest BCUT2D eigenvalue weighted by molar-refractivity contribution is 0.0901. The lowest BCUT2D eigenvalue weighted by Gasteiger charge is -2.29. The first-order valence-corrected chi connectivity index (χ1v) is 6.60. The molecule has 0 aromatic carbocycles. The van der Waals surface area contributed by atoms with Crippen LogP contribution in [-0.2, 0) is 7.05 Å². The van der Waals surface area contributed by atoms with Crippen LogP contribution in [0.5, 0.6) is 0 Å². The largest absolute Gasteiger partial charge is 0.395 e. The van der Waals surface area contributed by atoms with Crippen molar-refractivity contribution in [3.63, 3.8) is 0 Å². The summed E-state index contributed by atoms with van der Waals surface area (Å²) >= 11 is 0. The Kier molecular flexibility index (Phi) is 3.59. The highest BCUT2D eigenvalue weighted by atomic mass is 16.2. The monoisotopic (exact) mass is 250 g/mol. The smallest absolute Gasteiger partial charge is 0.271 e. The number of anilines is 1. The van der Waals surface area contributed by atoms with Crippen molar-refractivity contribution in [1.29, 1.82) is 0 Å². The molecule has 1 aliphatic carbocycles. The van der Waals surface area contributed by atoms with E-state index in [0.717, 1.165) is 6.42 Å². The summed E-state index contributed by atoms with van der Waals surface area (Å²) < 4.78 is 1.56. The second-order valence-corrected chi connectivity index (χ2v) is 5.31. The number of aromatic nitrogens is 2. The van der Waals surface area contributed by atoms with Crippen molar-refractivity contribution in [3.8, 4) is 0 Å². The van der Waals surface area contributed by atoms with E-state index >= 15 is 0 Å². The molecule has 5 nitrogen and oxygen atoms in total.